The highest BCUT2D eigenvalue weighted by molar-refractivity contribution is 6.30. The Labute approximate surface area is 178 Å². The van der Waals surface area contributed by atoms with Gasteiger partial charge in [-0.3, -0.25) is 9.55 Å². The number of morpholine rings is 1. The van der Waals surface area contributed by atoms with Gasteiger partial charge in [-0.1, -0.05) is 17.7 Å². The predicted molar refractivity (Wildman–Crippen MR) is 114 cm³/mol. The summed E-state index contributed by atoms with van der Waals surface area (Å²) in [6, 6.07) is 11.5. The molecule has 0 amide bonds. The van der Waals surface area contributed by atoms with E-state index in [4.69, 9.17) is 16.3 Å². The molecule has 0 N–H and O–H groups in total. The van der Waals surface area contributed by atoms with Crippen LogP contribution in [0.5, 0.6) is 0 Å². The molecule has 152 valence electrons. The normalized spacial score (nSPS) is 16.7. The molecule has 1 unspecified atom stereocenters. The number of imidazole rings is 1. The van der Waals surface area contributed by atoms with Crippen LogP contribution in [0.1, 0.15) is 11.7 Å². The first-order chi connectivity index (χ1) is 14.7. The summed E-state index contributed by atoms with van der Waals surface area (Å²) in [5.74, 6) is 1.58. The number of aromatic nitrogens is 6. The number of halogens is 1. The molecule has 0 radical (unpaired) electrons. The first-order valence-corrected chi connectivity index (χ1v) is 10.0. The summed E-state index contributed by atoms with van der Waals surface area (Å²) in [4.78, 5) is 10.9. The second kappa shape index (κ2) is 7.89. The summed E-state index contributed by atoms with van der Waals surface area (Å²) in [7, 11) is 1.97. The Bertz CT molecular complexity index is 1160. The van der Waals surface area contributed by atoms with E-state index in [0.29, 0.717) is 24.8 Å². The molecule has 1 aliphatic rings. The van der Waals surface area contributed by atoms with Crippen LogP contribution < -0.4 is 4.90 Å². The van der Waals surface area contributed by atoms with Crippen LogP contribution in [-0.2, 0) is 11.8 Å². The Morgan fingerprint density at radius 1 is 1.13 bits per heavy atom. The molecule has 4 heterocycles. The van der Waals surface area contributed by atoms with Crippen LogP contribution in [0.4, 0.5) is 5.95 Å². The van der Waals surface area contributed by atoms with Crippen molar-refractivity contribution in [1.82, 2.24) is 29.3 Å². The lowest BCUT2D eigenvalue weighted by Crippen LogP contribution is -2.41. The Morgan fingerprint density at radius 3 is 2.83 bits per heavy atom. The molecule has 0 spiro atoms. The Morgan fingerprint density at radius 2 is 2.00 bits per heavy atom. The predicted octanol–water partition coefficient (Wildman–Crippen LogP) is 3.29. The maximum Gasteiger partial charge on any atom is 0.227 e. The van der Waals surface area contributed by atoms with Gasteiger partial charge >= 0.3 is 0 Å². The van der Waals surface area contributed by atoms with Crippen LogP contribution in [-0.4, -0.2) is 49.1 Å². The summed E-state index contributed by atoms with van der Waals surface area (Å²) < 4.78 is 9.74. The lowest BCUT2D eigenvalue weighted by Gasteiger charge is -2.35. The van der Waals surface area contributed by atoms with Crippen LogP contribution in [0.3, 0.4) is 0 Å². The van der Waals surface area contributed by atoms with Crippen LogP contribution in [0, 0.1) is 0 Å². The molecule has 1 atom stereocenters. The van der Waals surface area contributed by atoms with Gasteiger partial charge in [0.25, 0.3) is 0 Å². The minimum absolute atomic E-state index is 0.0626. The Balaban J connectivity index is 1.47. The van der Waals surface area contributed by atoms with Gasteiger partial charge in [-0.15, -0.1) is 10.2 Å². The van der Waals surface area contributed by atoms with Crippen molar-refractivity contribution < 1.29 is 4.74 Å². The highest BCUT2D eigenvalue weighted by Gasteiger charge is 2.30. The number of ether oxygens (including phenoxy) is 1. The van der Waals surface area contributed by atoms with Crippen molar-refractivity contribution in [3.63, 3.8) is 0 Å². The third-order valence-electron chi connectivity index (χ3n) is 5.23. The number of benzene rings is 1. The van der Waals surface area contributed by atoms with Crippen molar-refractivity contribution in [2.45, 2.75) is 6.04 Å². The van der Waals surface area contributed by atoms with Crippen molar-refractivity contribution in [3.05, 3.63) is 72.0 Å². The molecule has 30 heavy (non-hydrogen) atoms. The van der Waals surface area contributed by atoms with E-state index < -0.39 is 0 Å². The van der Waals surface area contributed by atoms with E-state index in [0.717, 1.165) is 28.7 Å². The van der Waals surface area contributed by atoms with Crippen LogP contribution in [0.25, 0.3) is 17.1 Å². The minimum atomic E-state index is -0.0626. The summed E-state index contributed by atoms with van der Waals surface area (Å²) in [5, 5.41) is 9.58. The lowest BCUT2D eigenvalue weighted by atomic mass is 10.2. The molecule has 4 aromatic rings. The summed E-state index contributed by atoms with van der Waals surface area (Å²) in [5.41, 5.74) is 2.84. The number of nitrogens with zero attached hydrogens (tertiary/aromatic N) is 7. The average Bonchev–Trinajstić information content (AvgIpc) is 3.42. The maximum absolute atomic E-state index is 6.14. The van der Waals surface area contributed by atoms with Gasteiger partial charge in [-0.25, -0.2) is 4.98 Å². The van der Waals surface area contributed by atoms with Gasteiger partial charge in [0.15, 0.2) is 5.82 Å². The van der Waals surface area contributed by atoms with E-state index in [9.17, 15) is 0 Å². The number of pyridine rings is 1. The van der Waals surface area contributed by atoms with Crippen molar-refractivity contribution in [3.8, 4) is 17.1 Å². The second-order valence-electron chi connectivity index (χ2n) is 7.09. The SMILES string of the molecule is Cn1c(-c2ccncc2)nnc1N1CCOCC1c1cn(-c2cccc(Cl)c2)cn1. The summed E-state index contributed by atoms with van der Waals surface area (Å²) >= 11 is 6.14. The van der Waals surface area contributed by atoms with Crippen LogP contribution in [0.15, 0.2) is 61.3 Å². The summed E-state index contributed by atoms with van der Waals surface area (Å²) in [6.07, 6.45) is 7.32. The molecule has 3 aromatic heterocycles. The van der Waals surface area contributed by atoms with Crippen LogP contribution in [0.2, 0.25) is 5.02 Å². The third-order valence-corrected chi connectivity index (χ3v) is 5.46. The third kappa shape index (κ3) is 3.44. The van der Waals surface area contributed by atoms with E-state index >= 15 is 0 Å². The number of anilines is 1. The molecule has 1 saturated heterocycles. The zero-order valence-corrected chi connectivity index (χ0v) is 17.1. The number of hydrogen-bond acceptors (Lipinski definition) is 6. The van der Waals surface area contributed by atoms with E-state index in [2.05, 4.69) is 25.1 Å². The monoisotopic (exact) mass is 421 g/mol. The fraction of sp³-hybridized carbons (Fsp3) is 0.238. The average molecular weight is 422 g/mol. The molecule has 9 heteroatoms. The Hall–Kier alpha value is -3.23. The van der Waals surface area contributed by atoms with Gasteiger partial charge in [-0.05, 0) is 30.3 Å². The fourth-order valence-corrected chi connectivity index (χ4v) is 3.88. The highest BCUT2D eigenvalue weighted by atomic mass is 35.5. The number of hydrogen-bond donors (Lipinski definition) is 0. The number of rotatable bonds is 4. The van der Waals surface area contributed by atoms with Crippen molar-refractivity contribution in [2.24, 2.45) is 7.05 Å². The second-order valence-corrected chi connectivity index (χ2v) is 7.52. The standard InChI is InChI=1S/C21H20ClN7O/c1-27-20(15-5-7-23-8-6-15)25-26-21(27)29-9-10-30-13-19(29)18-12-28(14-24-18)17-4-2-3-16(22)11-17/h2-8,11-12,14,19H,9-10,13H2,1H3. The van der Waals surface area contributed by atoms with Crippen molar-refractivity contribution >= 4 is 17.5 Å². The summed E-state index contributed by atoms with van der Waals surface area (Å²) in [6.45, 7) is 1.87. The van der Waals surface area contributed by atoms with Gasteiger partial charge in [0, 0.05) is 48.5 Å². The van der Waals surface area contributed by atoms with Gasteiger partial charge in [0.1, 0.15) is 0 Å². The molecule has 8 nitrogen and oxygen atoms in total. The fourth-order valence-electron chi connectivity index (χ4n) is 3.70. The lowest BCUT2D eigenvalue weighted by molar-refractivity contribution is 0.0919. The molecule has 0 saturated carbocycles. The molecular formula is C21H20ClN7O. The van der Waals surface area contributed by atoms with E-state index in [1.807, 2.05) is 58.8 Å². The van der Waals surface area contributed by atoms with Gasteiger partial charge in [0.05, 0.1) is 31.3 Å². The highest BCUT2D eigenvalue weighted by Crippen LogP contribution is 2.30. The Kier molecular flexibility index (Phi) is 4.94. The smallest absolute Gasteiger partial charge is 0.227 e. The molecule has 1 aliphatic heterocycles. The van der Waals surface area contributed by atoms with Gasteiger partial charge in [-0.2, -0.15) is 0 Å². The van der Waals surface area contributed by atoms with E-state index in [-0.39, 0.29) is 6.04 Å². The minimum Gasteiger partial charge on any atom is -0.377 e. The molecule has 1 aromatic carbocycles. The molecule has 5 rings (SSSR count). The first kappa shape index (κ1) is 18.8. The largest absolute Gasteiger partial charge is 0.377 e. The molecular weight excluding hydrogens is 402 g/mol. The van der Waals surface area contributed by atoms with E-state index in [1.165, 1.54) is 0 Å². The zero-order chi connectivity index (χ0) is 20.5. The molecule has 0 bridgehead atoms. The van der Waals surface area contributed by atoms with E-state index in [1.54, 1.807) is 18.7 Å². The van der Waals surface area contributed by atoms with Crippen molar-refractivity contribution in [2.75, 3.05) is 24.7 Å². The first-order valence-electron chi connectivity index (χ1n) is 9.65. The van der Waals surface area contributed by atoms with Gasteiger partial charge < -0.3 is 14.2 Å². The topological polar surface area (TPSA) is 73.9 Å². The zero-order valence-electron chi connectivity index (χ0n) is 16.4. The van der Waals surface area contributed by atoms with Crippen molar-refractivity contribution in [1.29, 1.82) is 0 Å². The maximum atomic E-state index is 6.14. The molecule has 0 aliphatic carbocycles. The van der Waals surface area contributed by atoms with Gasteiger partial charge in [0.2, 0.25) is 5.95 Å². The van der Waals surface area contributed by atoms with Crippen LogP contribution >= 0.6 is 11.6 Å². The quantitative estimate of drug-likeness (QED) is 0.503. The molecule has 1 fully saturated rings.